The number of nitrogens with zero attached hydrogens (tertiary/aromatic N) is 1. The molecule has 1 atom stereocenters. The first kappa shape index (κ1) is 27.3. The van der Waals surface area contributed by atoms with Gasteiger partial charge in [0.1, 0.15) is 5.52 Å². The lowest BCUT2D eigenvalue weighted by Crippen LogP contribution is -2.13. The Labute approximate surface area is 228 Å². The summed E-state index contributed by atoms with van der Waals surface area (Å²) < 4.78 is 23.2. The van der Waals surface area contributed by atoms with Gasteiger partial charge < -0.3 is 23.9 Å². The zero-order chi connectivity index (χ0) is 27.2. The lowest BCUT2D eigenvalue weighted by atomic mass is 9.98. The van der Waals surface area contributed by atoms with Gasteiger partial charge in [0.25, 0.3) is 5.91 Å². The van der Waals surface area contributed by atoms with E-state index in [1.165, 1.54) is 5.56 Å². The maximum absolute atomic E-state index is 13.3. The minimum atomic E-state index is -0.371. The molecule has 4 aromatic rings. The molecule has 0 saturated carbocycles. The van der Waals surface area contributed by atoms with Gasteiger partial charge in [-0.05, 0) is 81.1 Å². The largest absolute Gasteiger partial charge is 0.490 e. The number of amides is 1. The highest BCUT2D eigenvalue weighted by Crippen LogP contribution is 2.40. The molecular weight excluding hydrogens is 504 g/mol. The predicted octanol–water partition coefficient (Wildman–Crippen LogP) is 8.11. The molecule has 0 spiro atoms. The number of oxazole rings is 1. The molecule has 0 radical (unpaired) electrons. The summed E-state index contributed by atoms with van der Waals surface area (Å²) >= 11 is 6.46. The van der Waals surface area contributed by atoms with Crippen molar-refractivity contribution in [2.75, 3.05) is 25.1 Å². The SMILES string of the molecule is CCOc1cc(C(=O)Nc2cc(-c3nc4cc(C(C)CC)ccc4o3)ccc2Cl)cc(OCC)c1OCC. The van der Waals surface area contributed by atoms with E-state index < -0.39 is 0 Å². The van der Waals surface area contributed by atoms with Crippen LogP contribution in [0.1, 0.15) is 62.9 Å². The maximum Gasteiger partial charge on any atom is 0.255 e. The van der Waals surface area contributed by atoms with Crippen LogP contribution < -0.4 is 19.5 Å². The van der Waals surface area contributed by atoms with Gasteiger partial charge in [-0.2, -0.15) is 0 Å². The van der Waals surface area contributed by atoms with Crippen LogP contribution in [0.15, 0.2) is 52.9 Å². The number of fused-ring (bicyclic) bond motifs is 1. The molecule has 7 nitrogen and oxygen atoms in total. The normalized spacial score (nSPS) is 11.8. The molecule has 1 unspecified atom stereocenters. The van der Waals surface area contributed by atoms with Crippen molar-refractivity contribution in [3.63, 3.8) is 0 Å². The van der Waals surface area contributed by atoms with Crippen molar-refractivity contribution in [2.24, 2.45) is 0 Å². The molecule has 0 fully saturated rings. The molecule has 0 aliphatic carbocycles. The van der Waals surface area contributed by atoms with Gasteiger partial charge in [0, 0.05) is 11.1 Å². The van der Waals surface area contributed by atoms with Crippen molar-refractivity contribution in [1.82, 2.24) is 4.98 Å². The topological polar surface area (TPSA) is 82.8 Å². The third-order valence-corrected chi connectivity index (χ3v) is 6.56. The van der Waals surface area contributed by atoms with Crippen molar-refractivity contribution in [1.29, 1.82) is 0 Å². The number of carbonyl (C=O) groups is 1. The number of hydrogen-bond donors (Lipinski definition) is 1. The molecule has 0 saturated heterocycles. The smallest absolute Gasteiger partial charge is 0.255 e. The molecule has 0 aliphatic heterocycles. The van der Waals surface area contributed by atoms with E-state index in [-0.39, 0.29) is 5.91 Å². The van der Waals surface area contributed by atoms with E-state index in [0.29, 0.717) is 76.3 Å². The molecule has 0 aliphatic rings. The number of rotatable bonds is 11. The van der Waals surface area contributed by atoms with E-state index in [4.69, 9.17) is 35.2 Å². The molecule has 3 aromatic carbocycles. The van der Waals surface area contributed by atoms with Gasteiger partial charge in [-0.15, -0.1) is 0 Å². The first-order valence-corrected chi connectivity index (χ1v) is 13.3. The Morgan fingerprint density at radius 1 is 0.947 bits per heavy atom. The number of nitrogens with one attached hydrogen (secondary N) is 1. The maximum atomic E-state index is 13.3. The van der Waals surface area contributed by atoms with Gasteiger partial charge in [0.2, 0.25) is 11.6 Å². The summed E-state index contributed by atoms with van der Waals surface area (Å²) in [7, 11) is 0. The second-order valence-electron chi connectivity index (χ2n) is 8.80. The average Bonchev–Trinajstić information content (AvgIpc) is 3.35. The van der Waals surface area contributed by atoms with Gasteiger partial charge in [0.15, 0.2) is 17.1 Å². The number of carbonyl (C=O) groups excluding carboxylic acids is 1. The van der Waals surface area contributed by atoms with Crippen LogP contribution in [0.25, 0.3) is 22.6 Å². The molecule has 8 heteroatoms. The highest BCUT2D eigenvalue weighted by molar-refractivity contribution is 6.34. The van der Waals surface area contributed by atoms with E-state index in [9.17, 15) is 4.79 Å². The van der Waals surface area contributed by atoms with E-state index in [2.05, 4.69) is 31.3 Å². The average molecular weight is 537 g/mol. The summed E-state index contributed by atoms with van der Waals surface area (Å²) in [6, 6.07) is 14.6. The molecule has 1 N–H and O–H groups in total. The predicted molar refractivity (Wildman–Crippen MR) is 151 cm³/mol. The summed E-state index contributed by atoms with van der Waals surface area (Å²) in [6.45, 7) is 11.2. The summed E-state index contributed by atoms with van der Waals surface area (Å²) in [4.78, 5) is 18.0. The zero-order valence-electron chi connectivity index (χ0n) is 22.4. The zero-order valence-corrected chi connectivity index (χ0v) is 23.1. The van der Waals surface area contributed by atoms with Crippen molar-refractivity contribution in [3.05, 3.63) is 64.7 Å². The van der Waals surface area contributed by atoms with Crippen LogP contribution in [0.3, 0.4) is 0 Å². The first-order valence-electron chi connectivity index (χ1n) is 13.0. The molecule has 0 bridgehead atoms. The standard InChI is InChI=1S/C30H33ClN2O5/c1-6-18(5)19-11-13-25-24(14-19)33-30(38-25)20-10-12-22(31)23(15-20)32-29(34)21-16-26(35-7-2)28(37-9-4)27(17-21)36-8-3/h10-18H,6-9H2,1-5H3,(H,32,34). The third-order valence-electron chi connectivity index (χ3n) is 6.23. The van der Waals surface area contributed by atoms with Gasteiger partial charge in [-0.3, -0.25) is 4.79 Å². The summed E-state index contributed by atoms with van der Waals surface area (Å²) in [5, 5.41) is 3.29. The molecule has 200 valence electrons. The Bertz CT molecular complexity index is 1400. The molecular formula is C30H33ClN2O5. The second-order valence-corrected chi connectivity index (χ2v) is 9.21. The first-order chi connectivity index (χ1) is 18.4. The fourth-order valence-corrected chi connectivity index (χ4v) is 4.24. The molecule has 38 heavy (non-hydrogen) atoms. The van der Waals surface area contributed by atoms with Crippen LogP contribution in [0.4, 0.5) is 5.69 Å². The molecule has 1 heterocycles. The van der Waals surface area contributed by atoms with Crippen LogP contribution in [0, 0.1) is 0 Å². The van der Waals surface area contributed by atoms with Gasteiger partial charge in [-0.1, -0.05) is 31.5 Å². The van der Waals surface area contributed by atoms with Crippen LogP contribution in [0.2, 0.25) is 5.02 Å². The fourth-order valence-electron chi connectivity index (χ4n) is 4.08. The monoisotopic (exact) mass is 536 g/mol. The number of hydrogen-bond acceptors (Lipinski definition) is 6. The van der Waals surface area contributed by atoms with Gasteiger partial charge in [0.05, 0.1) is 30.5 Å². The fraction of sp³-hybridized carbons (Fsp3) is 0.333. The van der Waals surface area contributed by atoms with Crippen LogP contribution in [-0.4, -0.2) is 30.7 Å². The summed E-state index contributed by atoms with van der Waals surface area (Å²) in [5.41, 5.74) is 4.19. The Morgan fingerprint density at radius 2 is 1.63 bits per heavy atom. The number of benzene rings is 3. The van der Waals surface area contributed by atoms with Crippen LogP contribution in [-0.2, 0) is 0 Å². The number of halogens is 1. The van der Waals surface area contributed by atoms with Gasteiger partial charge in [-0.25, -0.2) is 4.98 Å². The van der Waals surface area contributed by atoms with Crippen molar-refractivity contribution >= 4 is 34.3 Å². The Balaban J connectivity index is 1.65. The second kappa shape index (κ2) is 12.2. The summed E-state index contributed by atoms with van der Waals surface area (Å²) in [5.74, 6) is 1.87. The summed E-state index contributed by atoms with van der Waals surface area (Å²) in [6.07, 6.45) is 1.04. The molecule has 4 rings (SSSR count). The van der Waals surface area contributed by atoms with Crippen molar-refractivity contribution in [2.45, 2.75) is 47.0 Å². The lowest BCUT2D eigenvalue weighted by molar-refractivity contribution is 0.102. The minimum absolute atomic E-state index is 0.348. The highest BCUT2D eigenvalue weighted by Gasteiger charge is 2.20. The molecule has 1 amide bonds. The number of anilines is 1. The van der Waals surface area contributed by atoms with Crippen molar-refractivity contribution < 1.29 is 23.4 Å². The molecule has 1 aromatic heterocycles. The van der Waals surface area contributed by atoms with Gasteiger partial charge >= 0.3 is 0 Å². The van der Waals surface area contributed by atoms with E-state index in [1.807, 2.05) is 32.9 Å². The third kappa shape index (κ3) is 5.89. The quantitative estimate of drug-likeness (QED) is 0.208. The lowest BCUT2D eigenvalue weighted by Gasteiger charge is -2.17. The van der Waals surface area contributed by atoms with Crippen molar-refractivity contribution in [3.8, 4) is 28.7 Å². The van der Waals surface area contributed by atoms with E-state index in [1.54, 1.807) is 24.3 Å². The minimum Gasteiger partial charge on any atom is -0.490 e. The number of aromatic nitrogens is 1. The number of ether oxygens (including phenoxy) is 3. The Hall–Kier alpha value is -3.71. The van der Waals surface area contributed by atoms with E-state index in [0.717, 1.165) is 11.9 Å². The van der Waals surface area contributed by atoms with Crippen LogP contribution in [0.5, 0.6) is 17.2 Å². The Morgan fingerprint density at radius 3 is 2.26 bits per heavy atom. The van der Waals surface area contributed by atoms with Crippen LogP contribution >= 0.6 is 11.6 Å². The van der Waals surface area contributed by atoms with E-state index >= 15 is 0 Å². The highest BCUT2D eigenvalue weighted by atomic mass is 35.5. The Kier molecular flexibility index (Phi) is 8.79.